The number of halogens is 1. The fraction of sp³-hybridized carbons (Fsp3) is 0.286. The van der Waals surface area contributed by atoms with Gasteiger partial charge in [-0.3, -0.25) is 9.59 Å². The third-order valence-electron chi connectivity index (χ3n) is 4.92. The SMILES string of the molecule is O=C(Nc1ncc(Cc2ccccc2Cl)s1)C1CCCN(C(=O)c2ccco2)C1. The molecule has 0 aliphatic carbocycles. The maximum absolute atomic E-state index is 12.7. The molecule has 1 aromatic carbocycles. The van der Waals surface area contributed by atoms with Gasteiger partial charge in [-0.1, -0.05) is 29.8 Å². The number of amides is 2. The number of aromatic nitrogens is 1. The smallest absolute Gasteiger partial charge is 0.289 e. The van der Waals surface area contributed by atoms with E-state index in [4.69, 9.17) is 16.0 Å². The van der Waals surface area contributed by atoms with Gasteiger partial charge < -0.3 is 14.6 Å². The van der Waals surface area contributed by atoms with E-state index in [2.05, 4.69) is 10.3 Å². The van der Waals surface area contributed by atoms with Gasteiger partial charge in [-0.25, -0.2) is 4.98 Å². The van der Waals surface area contributed by atoms with Crippen LogP contribution >= 0.6 is 22.9 Å². The second-order valence-corrected chi connectivity index (χ2v) is 8.48. The summed E-state index contributed by atoms with van der Waals surface area (Å²) in [7, 11) is 0. The number of thiazole rings is 1. The minimum Gasteiger partial charge on any atom is -0.459 e. The third-order valence-corrected chi connectivity index (χ3v) is 6.20. The van der Waals surface area contributed by atoms with Crippen LogP contribution in [0.5, 0.6) is 0 Å². The number of benzene rings is 1. The van der Waals surface area contributed by atoms with Crippen LogP contribution in [0.4, 0.5) is 5.13 Å². The van der Waals surface area contributed by atoms with Gasteiger partial charge in [-0.2, -0.15) is 0 Å². The first kappa shape index (κ1) is 19.7. The number of piperidine rings is 1. The van der Waals surface area contributed by atoms with Crippen molar-refractivity contribution in [2.75, 3.05) is 18.4 Å². The Kier molecular flexibility index (Phi) is 5.97. The summed E-state index contributed by atoms with van der Waals surface area (Å²) >= 11 is 7.66. The molecule has 3 heterocycles. The summed E-state index contributed by atoms with van der Waals surface area (Å²) < 4.78 is 5.19. The van der Waals surface area contributed by atoms with E-state index in [-0.39, 0.29) is 17.7 Å². The van der Waals surface area contributed by atoms with E-state index in [0.29, 0.717) is 30.4 Å². The molecule has 29 heavy (non-hydrogen) atoms. The largest absolute Gasteiger partial charge is 0.459 e. The van der Waals surface area contributed by atoms with E-state index in [9.17, 15) is 9.59 Å². The van der Waals surface area contributed by atoms with Crippen molar-refractivity contribution >= 4 is 39.9 Å². The maximum Gasteiger partial charge on any atom is 0.289 e. The Hall–Kier alpha value is -2.64. The summed E-state index contributed by atoms with van der Waals surface area (Å²) in [6.07, 6.45) is 5.43. The van der Waals surface area contributed by atoms with E-state index in [1.807, 2.05) is 24.3 Å². The molecule has 3 aromatic rings. The monoisotopic (exact) mass is 429 g/mol. The molecular formula is C21H20ClN3O3S. The van der Waals surface area contributed by atoms with Crippen molar-refractivity contribution in [3.05, 3.63) is 70.1 Å². The highest BCUT2D eigenvalue weighted by Gasteiger charge is 2.30. The molecule has 4 rings (SSSR count). The average Bonchev–Trinajstić information content (AvgIpc) is 3.42. The lowest BCUT2D eigenvalue weighted by Gasteiger charge is -2.31. The molecule has 1 N–H and O–H groups in total. The zero-order valence-corrected chi connectivity index (χ0v) is 17.2. The van der Waals surface area contributed by atoms with E-state index < -0.39 is 0 Å². The lowest BCUT2D eigenvalue weighted by molar-refractivity contribution is -0.121. The second-order valence-electron chi connectivity index (χ2n) is 6.96. The first-order chi connectivity index (χ1) is 14.1. The molecular weight excluding hydrogens is 410 g/mol. The van der Waals surface area contributed by atoms with Crippen LogP contribution in [-0.4, -0.2) is 34.8 Å². The van der Waals surface area contributed by atoms with E-state index in [0.717, 1.165) is 28.3 Å². The van der Waals surface area contributed by atoms with E-state index in [1.54, 1.807) is 23.2 Å². The number of nitrogens with zero attached hydrogens (tertiary/aromatic N) is 2. The number of carbonyl (C=O) groups excluding carboxylic acids is 2. The summed E-state index contributed by atoms with van der Waals surface area (Å²) in [4.78, 5) is 32.2. The molecule has 1 aliphatic rings. The Bertz CT molecular complexity index is 1000. The lowest BCUT2D eigenvalue weighted by atomic mass is 9.97. The summed E-state index contributed by atoms with van der Waals surface area (Å²) in [5.74, 6) is -0.252. The highest BCUT2D eigenvalue weighted by Crippen LogP contribution is 2.26. The van der Waals surface area contributed by atoms with Crippen molar-refractivity contribution in [1.82, 2.24) is 9.88 Å². The van der Waals surface area contributed by atoms with Crippen LogP contribution in [0, 0.1) is 5.92 Å². The molecule has 150 valence electrons. The van der Waals surface area contributed by atoms with Crippen molar-refractivity contribution in [3.8, 4) is 0 Å². The molecule has 0 bridgehead atoms. The number of carbonyl (C=O) groups is 2. The van der Waals surface area contributed by atoms with Crippen molar-refractivity contribution < 1.29 is 14.0 Å². The van der Waals surface area contributed by atoms with Gasteiger partial charge in [0, 0.05) is 35.6 Å². The van der Waals surface area contributed by atoms with Crippen molar-refractivity contribution in [2.45, 2.75) is 19.3 Å². The fourth-order valence-corrected chi connectivity index (χ4v) is 4.46. The van der Waals surface area contributed by atoms with Crippen molar-refractivity contribution in [3.63, 3.8) is 0 Å². The summed E-state index contributed by atoms with van der Waals surface area (Å²) in [6.45, 7) is 1.01. The number of rotatable bonds is 5. The van der Waals surface area contributed by atoms with Crippen LogP contribution in [0.1, 0.15) is 33.8 Å². The first-order valence-corrected chi connectivity index (χ1v) is 10.6. The van der Waals surface area contributed by atoms with Gasteiger partial charge in [0.15, 0.2) is 10.9 Å². The van der Waals surface area contributed by atoms with Crippen LogP contribution in [0.25, 0.3) is 0 Å². The summed E-state index contributed by atoms with van der Waals surface area (Å²) in [6, 6.07) is 11.0. The average molecular weight is 430 g/mol. The van der Waals surface area contributed by atoms with Crippen molar-refractivity contribution in [2.24, 2.45) is 5.92 Å². The molecule has 1 saturated heterocycles. The Morgan fingerprint density at radius 3 is 2.93 bits per heavy atom. The standard InChI is InChI=1S/C21H20ClN3O3S/c22-17-7-2-1-5-14(17)11-16-12-23-21(29-16)24-19(26)15-6-3-9-25(13-15)20(27)18-8-4-10-28-18/h1-2,4-5,7-8,10,12,15H,3,6,9,11,13H2,(H,23,24,26). The summed E-state index contributed by atoms with van der Waals surface area (Å²) in [5.41, 5.74) is 1.02. The molecule has 2 amide bonds. The molecule has 0 saturated carbocycles. The predicted molar refractivity (Wildman–Crippen MR) is 112 cm³/mol. The van der Waals surface area contributed by atoms with Crippen LogP contribution in [-0.2, 0) is 11.2 Å². The number of hydrogen-bond acceptors (Lipinski definition) is 5. The van der Waals surface area contributed by atoms with E-state index >= 15 is 0 Å². The number of furan rings is 1. The first-order valence-electron chi connectivity index (χ1n) is 9.42. The quantitative estimate of drug-likeness (QED) is 0.649. The van der Waals surface area contributed by atoms with Crippen LogP contribution < -0.4 is 5.32 Å². The Balaban J connectivity index is 1.36. The highest BCUT2D eigenvalue weighted by atomic mass is 35.5. The zero-order chi connectivity index (χ0) is 20.2. The highest BCUT2D eigenvalue weighted by molar-refractivity contribution is 7.15. The summed E-state index contributed by atoms with van der Waals surface area (Å²) in [5, 5.41) is 4.18. The molecule has 1 unspecified atom stereocenters. The molecule has 1 atom stereocenters. The topological polar surface area (TPSA) is 75.4 Å². The van der Waals surface area contributed by atoms with Crippen LogP contribution in [0.15, 0.2) is 53.3 Å². The van der Waals surface area contributed by atoms with Gasteiger partial charge >= 0.3 is 0 Å². The van der Waals surface area contributed by atoms with Gasteiger partial charge in [-0.15, -0.1) is 11.3 Å². The molecule has 0 radical (unpaired) electrons. The number of nitrogens with one attached hydrogen (secondary N) is 1. The van der Waals surface area contributed by atoms with Crippen LogP contribution in [0.3, 0.4) is 0 Å². The number of hydrogen-bond donors (Lipinski definition) is 1. The molecule has 1 fully saturated rings. The third kappa shape index (κ3) is 4.68. The maximum atomic E-state index is 12.7. The van der Waals surface area contributed by atoms with Crippen LogP contribution in [0.2, 0.25) is 5.02 Å². The molecule has 8 heteroatoms. The van der Waals surface area contributed by atoms with Gasteiger partial charge in [0.25, 0.3) is 5.91 Å². The molecule has 2 aromatic heterocycles. The van der Waals surface area contributed by atoms with Gasteiger partial charge in [-0.05, 0) is 36.6 Å². The van der Waals surface area contributed by atoms with Gasteiger partial charge in [0.2, 0.25) is 5.91 Å². The lowest BCUT2D eigenvalue weighted by Crippen LogP contribution is -2.43. The minimum absolute atomic E-state index is 0.111. The second kappa shape index (κ2) is 8.80. The predicted octanol–water partition coefficient (Wildman–Crippen LogP) is 4.47. The van der Waals surface area contributed by atoms with Crippen molar-refractivity contribution in [1.29, 1.82) is 0 Å². The Morgan fingerprint density at radius 1 is 1.28 bits per heavy atom. The molecule has 1 aliphatic heterocycles. The Labute approximate surface area is 177 Å². The zero-order valence-electron chi connectivity index (χ0n) is 15.6. The normalized spacial score (nSPS) is 16.6. The minimum atomic E-state index is -0.265. The molecule has 6 nitrogen and oxygen atoms in total. The fourth-order valence-electron chi connectivity index (χ4n) is 3.42. The number of anilines is 1. The number of likely N-dealkylation sites (tertiary alicyclic amines) is 1. The Morgan fingerprint density at radius 2 is 2.14 bits per heavy atom. The van der Waals surface area contributed by atoms with E-state index in [1.165, 1.54) is 17.6 Å². The van der Waals surface area contributed by atoms with Gasteiger partial charge in [0.05, 0.1) is 12.2 Å². The van der Waals surface area contributed by atoms with Gasteiger partial charge in [0.1, 0.15) is 0 Å². The molecule has 0 spiro atoms.